The predicted molar refractivity (Wildman–Crippen MR) is 100 cm³/mol. The average Bonchev–Trinajstić information content (AvgIpc) is 3.29. The molecule has 0 aromatic carbocycles. The number of nitrogens with zero attached hydrogens (tertiary/aromatic N) is 6. The molecule has 4 rings (SSSR count). The van der Waals surface area contributed by atoms with E-state index in [0.29, 0.717) is 11.6 Å². The maximum absolute atomic E-state index is 14.1. The lowest BCUT2D eigenvalue weighted by atomic mass is 10.1. The van der Waals surface area contributed by atoms with Crippen LogP contribution in [0.3, 0.4) is 0 Å². The molecule has 1 unspecified atom stereocenters. The van der Waals surface area contributed by atoms with Crippen molar-refractivity contribution >= 4 is 17.8 Å². The molecule has 170 valence electrons. The topological polar surface area (TPSA) is 123 Å². The molecule has 3 heterocycles. The molecule has 32 heavy (non-hydrogen) atoms. The molecule has 2 aromatic rings. The number of carbonyl (C=O) groups is 1. The number of nitro groups is 1. The van der Waals surface area contributed by atoms with Gasteiger partial charge in [0.05, 0.1) is 25.1 Å². The summed E-state index contributed by atoms with van der Waals surface area (Å²) in [6, 6.07) is -1.34. The van der Waals surface area contributed by atoms with Crippen LogP contribution in [-0.2, 0) is 30.5 Å². The Bertz CT molecular complexity index is 1210. The first-order valence-electron chi connectivity index (χ1n) is 9.65. The summed E-state index contributed by atoms with van der Waals surface area (Å²) < 4.78 is 53.8. The quantitative estimate of drug-likeness (QED) is 0.397. The summed E-state index contributed by atoms with van der Waals surface area (Å²) in [7, 11) is 0. The number of hydrogen-bond acceptors (Lipinski definition) is 6. The van der Waals surface area contributed by atoms with E-state index >= 15 is 0 Å². The first kappa shape index (κ1) is 21.6. The Morgan fingerprint density at radius 3 is 2.81 bits per heavy atom. The van der Waals surface area contributed by atoms with Gasteiger partial charge < -0.3 is 9.47 Å². The molecule has 1 aliphatic heterocycles. The van der Waals surface area contributed by atoms with Gasteiger partial charge in [0.15, 0.2) is 5.82 Å². The van der Waals surface area contributed by atoms with Crippen molar-refractivity contribution in [2.24, 2.45) is 0 Å². The summed E-state index contributed by atoms with van der Waals surface area (Å²) in [6.07, 6.45) is -0.386. The number of H-pyrrole nitrogens is 1. The smallest absolute Gasteiger partial charge is 0.333 e. The number of halogens is 4. The van der Waals surface area contributed by atoms with Crippen LogP contribution in [0.5, 0.6) is 0 Å². The molecule has 0 radical (unpaired) electrons. The number of fused-ring (bicyclic) bond motifs is 2. The predicted octanol–water partition coefficient (Wildman–Crippen LogP) is 0.458. The van der Waals surface area contributed by atoms with Gasteiger partial charge in [0.1, 0.15) is 11.2 Å². The number of hydrogen-bond donors (Lipinski definition) is 1. The molecule has 1 N–H and O–H groups in total. The summed E-state index contributed by atoms with van der Waals surface area (Å²) in [5, 5.41) is 25.3. The zero-order valence-electron chi connectivity index (χ0n) is 16.5. The molecule has 14 heteroatoms. The van der Waals surface area contributed by atoms with Crippen LogP contribution in [0, 0.1) is 10.1 Å². The number of amides is 1. The molecule has 2 aliphatic rings. The Kier molecular flexibility index (Phi) is 5.52. The van der Waals surface area contributed by atoms with E-state index < -0.39 is 41.1 Å². The highest BCUT2D eigenvalue weighted by Gasteiger charge is 2.40. The van der Waals surface area contributed by atoms with Crippen molar-refractivity contribution in [2.75, 3.05) is 6.54 Å². The Morgan fingerprint density at radius 1 is 1.31 bits per heavy atom. The van der Waals surface area contributed by atoms with Crippen molar-refractivity contribution in [3.8, 4) is 0 Å². The van der Waals surface area contributed by atoms with Gasteiger partial charge in [0.2, 0.25) is 17.8 Å². The van der Waals surface area contributed by atoms with Gasteiger partial charge in [-0.1, -0.05) is 12.2 Å². The summed E-state index contributed by atoms with van der Waals surface area (Å²) in [6.45, 7) is -0.464. The molecule has 0 fully saturated rings. The largest absolute Gasteiger partial charge is 0.451 e. The number of alkyl halides is 3. The second-order valence-electron chi connectivity index (χ2n) is 7.40. The van der Waals surface area contributed by atoms with E-state index in [1.165, 1.54) is 11.0 Å². The van der Waals surface area contributed by atoms with Crippen LogP contribution in [0.15, 0.2) is 12.2 Å². The number of rotatable bonds is 5. The zero-order valence-corrected chi connectivity index (χ0v) is 16.5. The fourth-order valence-electron chi connectivity index (χ4n) is 3.74. The monoisotopic (exact) mass is 455 g/mol. The van der Waals surface area contributed by atoms with Gasteiger partial charge in [-0.05, 0) is 12.5 Å². The Balaban J connectivity index is 1.49. The third-order valence-corrected chi connectivity index (χ3v) is 5.34. The number of nitrogens with one attached hydrogen (secondary N) is 1. The molecule has 10 nitrogen and oxygen atoms in total. The summed E-state index contributed by atoms with van der Waals surface area (Å²) in [4.78, 5) is 24.9. The fraction of sp³-hybridized carbons (Fsp3) is 0.444. The maximum Gasteiger partial charge on any atom is 0.451 e. The van der Waals surface area contributed by atoms with Crippen LogP contribution in [0.2, 0.25) is 0 Å². The van der Waals surface area contributed by atoms with Crippen LogP contribution in [0.4, 0.5) is 17.6 Å². The molecule has 1 atom stereocenters. The first-order chi connectivity index (χ1) is 15.1. The molecule has 0 bridgehead atoms. The van der Waals surface area contributed by atoms with E-state index in [2.05, 4.69) is 20.4 Å². The third-order valence-electron chi connectivity index (χ3n) is 5.34. The molecule has 0 saturated heterocycles. The normalized spacial score (nSPS) is 16.8. The summed E-state index contributed by atoms with van der Waals surface area (Å²) >= 11 is 0. The lowest BCUT2D eigenvalue weighted by molar-refractivity contribution is -0.521. The van der Waals surface area contributed by atoms with Crippen molar-refractivity contribution in [1.29, 1.82) is 0 Å². The van der Waals surface area contributed by atoms with Crippen molar-refractivity contribution < 1.29 is 27.3 Å². The van der Waals surface area contributed by atoms with Crippen molar-refractivity contribution in [1.82, 2.24) is 29.9 Å². The van der Waals surface area contributed by atoms with Crippen molar-refractivity contribution in [2.45, 2.75) is 44.6 Å². The lowest BCUT2D eigenvalue weighted by Gasteiger charge is -2.28. The van der Waals surface area contributed by atoms with Crippen LogP contribution >= 0.6 is 0 Å². The van der Waals surface area contributed by atoms with E-state index in [9.17, 15) is 32.5 Å². The van der Waals surface area contributed by atoms with Gasteiger partial charge in [0.25, 0.3) is 0 Å². The van der Waals surface area contributed by atoms with Crippen molar-refractivity contribution in [3.05, 3.63) is 50.2 Å². The van der Waals surface area contributed by atoms with Gasteiger partial charge >= 0.3 is 6.18 Å². The lowest BCUT2D eigenvalue weighted by Crippen LogP contribution is -2.42. The molecular weight excluding hydrogens is 438 g/mol. The number of allylic oxidation sites excluding steroid dienone is 2. The highest BCUT2D eigenvalue weighted by Crippen LogP contribution is 2.29. The van der Waals surface area contributed by atoms with E-state index in [0.717, 1.165) is 4.57 Å². The Morgan fingerprint density at radius 2 is 2.09 bits per heavy atom. The third kappa shape index (κ3) is 4.11. The van der Waals surface area contributed by atoms with Gasteiger partial charge in [-0.25, -0.2) is 4.39 Å². The fourth-order valence-corrected chi connectivity index (χ4v) is 3.74. The second kappa shape index (κ2) is 8.16. The number of carbonyl (C=O) groups excluding carboxylic acids is 1. The molecule has 1 aliphatic carbocycles. The molecule has 1 amide bonds. The minimum atomic E-state index is -4.67. The minimum absolute atomic E-state index is 0.0414. The highest BCUT2D eigenvalue weighted by atomic mass is 19.4. The van der Waals surface area contributed by atoms with Gasteiger partial charge in [-0.3, -0.25) is 20.0 Å². The van der Waals surface area contributed by atoms with E-state index in [1.807, 2.05) is 0 Å². The molecule has 2 aromatic heterocycles. The first-order valence-corrected chi connectivity index (χ1v) is 9.65. The van der Waals surface area contributed by atoms with Crippen LogP contribution < -0.4 is 10.6 Å². The SMILES string of the molecule is O=C(CC(Cc1n[nH]c2c1=CCC=CC=2F)[N+](=O)[O-])N1CCn2c(nnc2C(F)(F)F)C1. The molecular formula is C18H17F4N7O3. The van der Waals surface area contributed by atoms with Gasteiger partial charge in [0, 0.05) is 23.2 Å². The van der Waals surface area contributed by atoms with E-state index in [4.69, 9.17) is 0 Å². The summed E-state index contributed by atoms with van der Waals surface area (Å²) in [5.74, 6) is -2.33. The highest BCUT2D eigenvalue weighted by molar-refractivity contribution is 5.76. The van der Waals surface area contributed by atoms with Crippen LogP contribution in [-0.4, -0.2) is 53.3 Å². The number of aromatic nitrogens is 5. The van der Waals surface area contributed by atoms with Gasteiger partial charge in [-0.15, -0.1) is 10.2 Å². The summed E-state index contributed by atoms with van der Waals surface area (Å²) in [5.41, 5.74) is 0.265. The van der Waals surface area contributed by atoms with Gasteiger partial charge in [-0.2, -0.15) is 18.3 Å². The second-order valence-corrected chi connectivity index (χ2v) is 7.40. The van der Waals surface area contributed by atoms with Crippen molar-refractivity contribution in [3.63, 3.8) is 0 Å². The zero-order chi connectivity index (χ0) is 23.0. The molecule has 0 spiro atoms. The van der Waals surface area contributed by atoms with E-state index in [-0.39, 0.29) is 42.9 Å². The number of aromatic amines is 1. The Labute approximate surface area is 177 Å². The average molecular weight is 455 g/mol. The Hall–Kier alpha value is -3.58. The minimum Gasteiger partial charge on any atom is -0.333 e. The van der Waals surface area contributed by atoms with E-state index in [1.54, 1.807) is 12.2 Å². The standard InChI is InChI=1S/C18H17F4N7O3/c19-12-4-2-1-3-11-13(23-25-16(11)12)7-10(29(31)32)8-15(30)27-5-6-28-14(9-27)24-26-17(28)18(20,21)22/h2-4,10,25H,1,5-9H2. The maximum atomic E-state index is 14.1. The molecule has 0 saturated carbocycles. The van der Waals surface area contributed by atoms with Crippen LogP contribution in [0.1, 0.15) is 30.2 Å². The van der Waals surface area contributed by atoms with Crippen LogP contribution in [0.25, 0.3) is 11.9 Å².